The van der Waals surface area contributed by atoms with Crippen molar-refractivity contribution in [3.05, 3.63) is 63.9 Å². The largest absolute Gasteiger partial charge is 0.370 e. The summed E-state index contributed by atoms with van der Waals surface area (Å²) in [5, 5.41) is 3.18. The van der Waals surface area contributed by atoms with Gasteiger partial charge in [-0.15, -0.1) is 24.0 Å². The molecule has 3 N–H and O–H groups in total. The normalized spacial score (nSPS) is 13.4. The van der Waals surface area contributed by atoms with E-state index in [0.29, 0.717) is 12.5 Å². The molecule has 0 aliphatic heterocycles. The molecule has 0 unspecified atom stereocenters. The molecule has 0 spiro atoms. The van der Waals surface area contributed by atoms with Crippen molar-refractivity contribution in [1.82, 2.24) is 0 Å². The number of guanidine groups is 1. The van der Waals surface area contributed by atoms with Crippen molar-refractivity contribution >= 4 is 47.2 Å². The fourth-order valence-electron chi connectivity index (χ4n) is 2.65. The Morgan fingerprint density at radius 3 is 2.74 bits per heavy atom. The molecule has 3 rings (SSSR count). The maximum absolute atomic E-state index is 13.1. The first-order chi connectivity index (χ1) is 10.6. The van der Waals surface area contributed by atoms with Crippen LogP contribution in [-0.4, -0.2) is 5.96 Å². The van der Waals surface area contributed by atoms with Gasteiger partial charge in [-0.2, -0.15) is 0 Å². The molecule has 6 heteroatoms. The van der Waals surface area contributed by atoms with Crippen molar-refractivity contribution < 1.29 is 4.39 Å². The summed E-state index contributed by atoms with van der Waals surface area (Å²) in [7, 11) is 0. The Kier molecular flexibility index (Phi) is 6.24. The second-order valence-corrected chi connectivity index (χ2v) is 5.82. The first kappa shape index (κ1) is 18.0. The smallest absolute Gasteiger partial charge is 0.193 e. The molecule has 1 aliphatic carbocycles. The Morgan fingerprint density at radius 1 is 1.17 bits per heavy atom. The van der Waals surface area contributed by atoms with E-state index >= 15 is 0 Å². The minimum Gasteiger partial charge on any atom is -0.370 e. The van der Waals surface area contributed by atoms with Gasteiger partial charge >= 0.3 is 0 Å². The molecule has 122 valence electrons. The maximum atomic E-state index is 13.1. The average molecular weight is 446 g/mol. The lowest BCUT2D eigenvalue weighted by atomic mass is 10.1. The lowest BCUT2D eigenvalue weighted by Gasteiger charge is -2.08. The second kappa shape index (κ2) is 7.97. The van der Waals surface area contributed by atoms with E-state index in [2.05, 4.69) is 22.4 Å². The van der Waals surface area contributed by atoms with Crippen LogP contribution in [0.2, 0.25) is 5.02 Å². The van der Waals surface area contributed by atoms with E-state index < -0.39 is 5.82 Å². The van der Waals surface area contributed by atoms with Gasteiger partial charge in [0, 0.05) is 5.69 Å². The van der Waals surface area contributed by atoms with Gasteiger partial charge in [0.2, 0.25) is 0 Å². The zero-order chi connectivity index (χ0) is 15.5. The summed E-state index contributed by atoms with van der Waals surface area (Å²) in [5.41, 5.74) is 10.4. The number of aliphatic imine (C=N–C) groups is 1. The highest BCUT2D eigenvalue weighted by molar-refractivity contribution is 14.0. The Balaban J connectivity index is 0.00000192. The Labute approximate surface area is 157 Å². The third-order valence-electron chi connectivity index (χ3n) is 3.79. The Hall–Kier alpha value is -1.34. The monoisotopic (exact) mass is 445 g/mol. The van der Waals surface area contributed by atoms with Gasteiger partial charge in [0.15, 0.2) is 5.96 Å². The molecule has 0 atom stereocenters. The van der Waals surface area contributed by atoms with Crippen LogP contribution in [0.5, 0.6) is 0 Å². The van der Waals surface area contributed by atoms with Gasteiger partial charge in [-0.1, -0.05) is 23.7 Å². The predicted octanol–water partition coefficient (Wildman–Crippen LogP) is 4.51. The first-order valence-corrected chi connectivity index (χ1v) is 7.62. The quantitative estimate of drug-likeness (QED) is 0.415. The molecule has 0 heterocycles. The van der Waals surface area contributed by atoms with Crippen molar-refractivity contribution in [2.75, 3.05) is 5.32 Å². The van der Waals surface area contributed by atoms with Gasteiger partial charge in [0.1, 0.15) is 5.82 Å². The summed E-state index contributed by atoms with van der Waals surface area (Å²) in [4.78, 5) is 4.26. The predicted molar refractivity (Wildman–Crippen MR) is 104 cm³/mol. The summed E-state index contributed by atoms with van der Waals surface area (Å²) in [5.74, 6) is -0.1000. The lowest BCUT2D eigenvalue weighted by molar-refractivity contribution is 0.627. The zero-order valence-corrected chi connectivity index (χ0v) is 15.6. The van der Waals surface area contributed by atoms with Crippen LogP contribution < -0.4 is 11.1 Å². The summed E-state index contributed by atoms with van der Waals surface area (Å²) >= 11 is 5.74. The second-order valence-electron chi connectivity index (χ2n) is 5.41. The maximum Gasteiger partial charge on any atom is 0.193 e. The van der Waals surface area contributed by atoms with Gasteiger partial charge < -0.3 is 11.1 Å². The summed E-state index contributed by atoms with van der Waals surface area (Å²) < 4.78 is 13.1. The Bertz CT molecular complexity index is 734. The summed E-state index contributed by atoms with van der Waals surface area (Å²) in [6.07, 6.45) is 3.49. The number of hydrogen-bond acceptors (Lipinski definition) is 1. The SMILES string of the molecule is I.NC(=NCc1ccc(F)c(Cl)c1)Nc1ccc2c(c1)CCC2. The molecule has 0 saturated carbocycles. The minimum atomic E-state index is -0.432. The number of nitrogens with two attached hydrogens (primary N) is 1. The fourth-order valence-corrected chi connectivity index (χ4v) is 2.85. The van der Waals surface area contributed by atoms with Gasteiger partial charge in [-0.05, 0) is 60.2 Å². The molecule has 0 bridgehead atoms. The number of rotatable bonds is 3. The minimum absolute atomic E-state index is 0. The molecule has 0 radical (unpaired) electrons. The highest BCUT2D eigenvalue weighted by Gasteiger charge is 2.10. The molecular weight excluding hydrogens is 428 g/mol. The summed E-state index contributed by atoms with van der Waals surface area (Å²) in [6.45, 7) is 0.351. The van der Waals surface area contributed by atoms with Crippen LogP contribution in [0.15, 0.2) is 41.4 Å². The molecule has 0 saturated heterocycles. The van der Waals surface area contributed by atoms with E-state index in [0.717, 1.165) is 24.1 Å². The molecule has 2 aromatic carbocycles. The van der Waals surface area contributed by atoms with Crippen LogP contribution >= 0.6 is 35.6 Å². The highest BCUT2D eigenvalue weighted by Crippen LogP contribution is 2.24. The van der Waals surface area contributed by atoms with Crippen LogP contribution in [0, 0.1) is 5.82 Å². The van der Waals surface area contributed by atoms with E-state index in [1.807, 2.05) is 6.07 Å². The number of aryl methyl sites for hydroxylation is 2. The molecule has 3 nitrogen and oxygen atoms in total. The summed E-state index contributed by atoms with van der Waals surface area (Å²) in [6, 6.07) is 10.8. The van der Waals surface area contributed by atoms with E-state index in [1.165, 1.54) is 23.6 Å². The van der Waals surface area contributed by atoms with Crippen LogP contribution in [-0.2, 0) is 19.4 Å². The van der Waals surface area contributed by atoms with Gasteiger partial charge in [0.05, 0.1) is 11.6 Å². The average Bonchev–Trinajstić information content (AvgIpc) is 2.96. The highest BCUT2D eigenvalue weighted by atomic mass is 127. The lowest BCUT2D eigenvalue weighted by Crippen LogP contribution is -2.22. The van der Waals surface area contributed by atoms with Crippen molar-refractivity contribution in [2.45, 2.75) is 25.8 Å². The molecular formula is C17H18ClFIN3. The molecule has 1 aliphatic rings. The zero-order valence-electron chi connectivity index (χ0n) is 12.5. The van der Waals surface area contributed by atoms with Crippen LogP contribution in [0.25, 0.3) is 0 Å². The van der Waals surface area contributed by atoms with E-state index in [9.17, 15) is 4.39 Å². The van der Waals surface area contributed by atoms with Crippen molar-refractivity contribution in [2.24, 2.45) is 10.7 Å². The van der Waals surface area contributed by atoms with Crippen molar-refractivity contribution in [3.8, 4) is 0 Å². The molecule has 0 fully saturated rings. The number of halogens is 3. The van der Waals surface area contributed by atoms with Gasteiger partial charge in [-0.25, -0.2) is 9.38 Å². The van der Waals surface area contributed by atoms with Gasteiger partial charge in [-0.3, -0.25) is 0 Å². The molecule has 0 aromatic heterocycles. The number of nitrogens with zero attached hydrogens (tertiary/aromatic N) is 1. The number of hydrogen-bond donors (Lipinski definition) is 2. The molecule has 2 aromatic rings. The van der Waals surface area contributed by atoms with Crippen molar-refractivity contribution in [3.63, 3.8) is 0 Å². The third kappa shape index (κ3) is 4.57. The van der Waals surface area contributed by atoms with Crippen LogP contribution in [0.4, 0.5) is 10.1 Å². The van der Waals surface area contributed by atoms with Crippen molar-refractivity contribution in [1.29, 1.82) is 0 Å². The standard InChI is InChI=1S/C17H17ClFN3.HI/c18-15-8-11(4-7-16(15)19)10-21-17(20)22-14-6-5-12-2-1-3-13(12)9-14;/h4-9H,1-3,10H2,(H3,20,21,22);1H. The number of benzene rings is 2. The number of nitrogens with one attached hydrogen (secondary N) is 1. The third-order valence-corrected chi connectivity index (χ3v) is 4.08. The van der Waals surface area contributed by atoms with Gasteiger partial charge in [0.25, 0.3) is 0 Å². The first-order valence-electron chi connectivity index (χ1n) is 7.24. The fraction of sp³-hybridized carbons (Fsp3) is 0.235. The number of fused-ring (bicyclic) bond motifs is 1. The number of anilines is 1. The molecule has 23 heavy (non-hydrogen) atoms. The van der Waals surface area contributed by atoms with E-state index in [4.69, 9.17) is 17.3 Å². The molecule has 0 amide bonds. The van der Waals surface area contributed by atoms with E-state index in [1.54, 1.807) is 12.1 Å². The topological polar surface area (TPSA) is 50.4 Å². The van der Waals surface area contributed by atoms with Crippen LogP contribution in [0.3, 0.4) is 0 Å². The Morgan fingerprint density at radius 2 is 1.96 bits per heavy atom. The van der Waals surface area contributed by atoms with Crippen LogP contribution in [0.1, 0.15) is 23.1 Å². The van der Waals surface area contributed by atoms with E-state index in [-0.39, 0.29) is 29.0 Å².